The summed E-state index contributed by atoms with van der Waals surface area (Å²) in [6, 6.07) is 15.2. The van der Waals surface area contributed by atoms with Crippen LogP contribution in [0.5, 0.6) is 0 Å². The predicted molar refractivity (Wildman–Crippen MR) is 85.1 cm³/mol. The van der Waals surface area contributed by atoms with Gasteiger partial charge in [-0.2, -0.15) is 13.2 Å². The summed E-state index contributed by atoms with van der Waals surface area (Å²) in [4.78, 5) is 11.2. The average Bonchev–Trinajstić information content (AvgIpc) is 2.93. The minimum absolute atomic E-state index is 0.150. The Kier molecular flexibility index (Phi) is 4.03. The number of sulfone groups is 1. The van der Waals surface area contributed by atoms with E-state index in [0.29, 0.717) is 0 Å². The van der Waals surface area contributed by atoms with Crippen molar-refractivity contribution in [3.8, 4) is 16.9 Å². The molecular formula is C16H11F3N2O3S. The second-order valence-electron chi connectivity index (χ2n) is 5.11. The number of nitrogens with zero attached hydrogens (tertiary/aromatic N) is 1. The molecule has 1 heterocycles. The Balaban J connectivity index is 2.37. The van der Waals surface area contributed by atoms with E-state index in [-0.39, 0.29) is 11.3 Å². The number of benzene rings is 2. The summed E-state index contributed by atoms with van der Waals surface area (Å²) in [6.07, 6.45) is 0. The van der Waals surface area contributed by atoms with Gasteiger partial charge >= 0.3 is 5.51 Å². The zero-order valence-electron chi connectivity index (χ0n) is 12.5. The van der Waals surface area contributed by atoms with Crippen molar-refractivity contribution in [3.05, 3.63) is 71.0 Å². The summed E-state index contributed by atoms with van der Waals surface area (Å²) in [5, 5.41) is 2.49. The molecule has 0 aliphatic carbocycles. The van der Waals surface area contributed by atoms with Crippen LogP contribution in [0, 0.1) is 0 Å². The van der Waals surface area contributed by atoms with E-state index < -0.39 is 31.5 Å². The summed E-state index contributed by atoms with van der Waals surface area (Å²) >= 11 is 0. The molecule has 0 bridgehead atoms. The first-order chi connectivity index (χ1) is 11.7. The van der Waals surface area contributed by atoms with Crippen molar-refractivity contribution in [3.63, 3.8) is 0 Å². The van der Waals surface area contributed by atoms with Crippen LogP contribution in [-0.2, 0) is 9.84 Å². The van der Waals surface area contributed by atoms with E-state index >= 15 is 0 Å². The topological polar surface area (TPSA) is 71.9 Å². The third-order valence-electron chi connectivity index (χ3n) is 3.50. The molecule has 3 aromatic rings. The summed E-state index contributed by atoms with van der Waals surface area (Å²) < 4.78 is 63.9. The van der Waals surface area contributed by atoms with Crippen molar-refractivity contribution in [2.24, 2.45) is 0 Å². The van der Waals surface area contributed by atoms with Crippen molar-refractivity contribution in [2.45, 2.75) is 10.4 Å². The molecule has 1 aromatic heterocycles. The van der Waals surface area contributed by atoms with E-state index in [2.05, 4.69) is 5.10 Å². The largest absolute Gasteiger partial charge is 0.502 e. The van der Waals surface area contributed by atoms with Gasteiger partial charge in [0.2, 0.25) is 0 Å². The van der Waals surface area contributed by atoms with Crippen molar-refractivity contribution in [1.29, 1.82) is 0 Å². The third kappa shape index (κ3) is 2.86. The fourth-order valence-electron chi connectivity index (χ4n) is 2.35. The van der Waals surface area contributed by atoms with E-state index in [9.17, 15) is 26.4 Å². The molecule has 0 amide bonds. The lowest BCUT2D eigenvalue weighted by molar-refractivity contribution is -0.0436. The standard InChI is InChI=1S/C16H11F3N2O3S/c17-16(18,19)25(23,24)14-13(11-7-3-1-4-8-11)20-21(15(14)22)12-9-5-2-6-10-12/h1-10,20H. The van der Waals surface area contributed by atoms with Gasteiger partial charge in [0.1, 0.15) is 0 Å². The SMILES string of the molecule is O=c1c(S(=O)(=O)C(F)(F)F)c(-c2ccccc2)[nH]n1-c1ccccc1. The van der Waals surface area contributed by atoms with E-state index in [0.717, 1.165) is 4.68 Å². The lowest BCUT2D eigenvalue weighted by atomic mass is 10.2. The molecule has 3 rings (SSSR count). The number of aromatic amines is 1. The number of H-pyrrole nitrogens is 1. The van der Waals surface area contributed by atoms with Gasteiger partial charge in [-0.3, -0.25) is 9.89 Å². The van der Waals surface area contributed by atoms with E-state index in [1.54, 1.807) is 24.3 Å². The van der Waals surface area contributed by atoms with Crippen LogP contribution in [0.1, 0.15) is 0 Å². The van der Waals surface area contributed by atoms with Crippen molar-refractivity contribution in [2.75, 3.05) is 0 Å². The Morgan fingerprint density at radius 1 is 0.880 bits per heavy atom. The molecule has 0 unspecified atom stereocenters. The number of hydrogen-bond donors (Lipinski definition) is 1. The van der Waals surface area contributed by atoms with E-state index in [1.807, 2.05) is 0 Å². The van der Waals surface area contributed by atoms with Gasteiger partial charge in [-0.15, -0.1) is 0 Å². The highest BCUT2D eigenvalue weighted by Gasteiger charge is 2.50. The maximum Gasteiger partial charge on any atom is 0.502 e. The zero-order valence-corrected chi connectivity index (χ0v) is 13.3. The molecule has 0 saturated carbocycles. The Morgan fingerprint density at radius 2 is 1.40 bits per heavy atom. The first-order valence-electron chi connectivity index (χ1n) is 7.00. The van der Waals surface area contributed by atoms with Crippen molar-refractivity contribution in [1.82, 2.24) is 9.78 Å². The molecule has 130 valence electrons. The van der Waals surface area contributed by atoms with Crippen LogP contribution in [0.4, 0.5) is 13.2 Å². The van der Waals surface area contributed by atoms with Crippen LogP contribution in [0.2, 0.25) is 0 Å². The van der Waals surface area contributed by atoms with E-state index in [1.165, 1.54) is 36.4 Å². The lowest BCUT2D eigenvalue weighted by Gasteiger charge is -2.07. The molecule has 0 aliphatic rings. The number of alkyl halides is 3. The fourth-order valence-corrected chi connectivity index (χ4v) is 3.33. The van der Waals surface area contributed by atoms with Gasteiger partial charge in [0, 0.05) is 5.56 Å². The zero-order chi connectivity index (χ0) is 18.2. The number of nitrogens with one attached hydrogen (secondary N) is 1. The molecule has 0 radical (unpaired) electrons. The quantitative estimate of drug-likeness (QED) is 0.772. The number of para-hydroxylation sites is 1. The summed E-state index contributed by atoms with van der Waals surface area (Å²) in [7, 11) is -5.84. The van der Waals surface area contributed by atoms with Gasteiger partial charge in [0.05, 0.1) is 11.4 Å². The Hall–Kier alpha value is -2.81. The summed E-state index contributed by atoms with van der Waals surface area (Å²) in [5.74, 6) is 0. The van der Waals surface area contributed by atoms with Gasteiger partial charge in [-0.05, 0) is 12.1 Å². The van der Waals surface area contributed by atoms with Gasteiger partial charge in [-0.25, -0.2) is 13.1 Å². The Morgan fingerprint density at radius 3 is 1.92 bits per heavy atom. The monoisotopic (exact) mass is 368 g/mol. The molecule has 5 nitrogen and oxygen atoms in total. The number of aromatic nitrogens is 2. The molecule has 2 aromatic carbocycles. The molecule has 0 saturated heterocycles. The van der Waals surface area contributed by atoms with Crippen LogP contribution < -0.4 is 5.56 Å². The molecule has 0 spiro atoms. The second-order valence-corrected chi connectivity index (χ2v) is 6.99. The maximum absolute atomic E-state index is 13.1. The van der Waals surface area contributed by atoms with Crippen molar-refractivity contribution < 1.29 is 21.6 Å². The number of halogens is 3. The first kappa shape index (κ1) is 17.0. The first-order valence-corrected chi connectivity index (χ1v) is 8.49. The Labute approximate surface area is 140 Å². The minimum atomic E-state index is -5.84. The summed E-state index contributed by atoms with van der Waals surface area (Å²) in [6.45, 7) is 0. The van der Waals surface area contributed by atoms with Crippen LogP contribution in [0.15, 0.2) is 70.4 Å². The molecule has 9 heteroatoms. The van der Waals surface area contributed by atoms with Crippen LogP contribution in [-0.4, -0.2) is 23.7 Å². The molecule has 25 heavy (non-hydrogen) atoms. The normalized spacial score (nSPS) is 12.3. The van der Waals surface area contributed by atoms with Gasteiger partial charge < -0.3 is 0 Å². The minimum Gasteiger partial charge on any atom is -0.289 e. The highest BCUT2D eigenvalue weighted by atomic mass is 32.2. The predicted octanol–water partition coefficient (Wildman–Crippen LogP) is 3.13. The highest BCUT2D eigenvalue weighted by Crippen LogP contribution is 2.34. The van der Waals surface area contributed by atoms with Crippen LogP contribution in [0.25, 0.3) is 16.9 Å². The third-order valence-corrected chi connectivity index (χ3v) is 5.02. The molecule has 1 N–H and O–H groups in total. The van der Waals surface area contributed by atoms with Gasteiger partial charge in [0.25, 0.3) is 15.4 Å². The van der Waals surface area contributed by atoms with Crippen molar-refractivity contribution >= 4 is 9.84 Å². The molecule has 0 fully saturated rings. The summed E-state index contributed by atoms with van der Waals surface area (Å²) in [5.41, 5.74) is -6.92. The maximum atomic E-state index is 13.1. The fraction of sp³-hybridized carbons (Fsp3) is 0.0625. The molecular weight excluding hydrogens is 357 g/mol. The number of hydrogen-bond acceptors (Lipinski definition) is 3. The van der Waals surface area contributed by atoms with Gasteiger partial charge in [0.15, 0.2) is 4.90 Å². The number of rotatable bonds is 3. The van der Waals surface area contributed by atoms with Gasteiger partial charge in [-0.1, -0.05) is 48.5 Å². The van der Waals surface area contributed by atoms with E-state index in [4.69, 9.17) is 0 Å². The molecule has 0 aliphatic heterocycles. The smallest absolute Gasteiger partial charge is 0.289 e. The van der Waals surface area contributed by atoms with Crippen LogP contribution in [0.3, 0.4) is 0 Å². The molecule has 0 atom stereocenters. The highest BCUT2D eigenvalue weighted by molar-refractivity contribution is 7.92. The Bertz CT molecular complexity index is 1050. The average molecular weight is 368 g/mol. The second kappa shape index (κ2) is 5.92. The van der Waals surface area contributed by atoms with Crippen LogP contribution >= 0.6 is 0 Å². The lowest BCUT2D eigenvalue weighted by Crippen LogP contribution is -2.29.